The van der Waals surface area contributed by atoms with Crippen molar-refractivity contribution in [3.63, 3.8) is 0 Å². The van der Waals surface area contributed by atoms with Gasteiger partial charge in [-0.25, -0.2) is 4.79 Å². The minimum absolute atomic E-state index is 0.0124. The second kappa shape index (κ2) is 36.7. The quantitative estimate of drug-likeness (QED) is 0.0175. The van der Waals surface area contributed by atoms with Crippen LogP contribution in [0.5, 0.6) is 0 Å². The highest BCUT2D eigenvalue weighted by Crippen LogP contribution is 2.27. The van der Waals surface area contributed by atoms with Gasteiger partial charge < -0.3 is 102 Å². The SMILES string of the molecule is NC(N)=NCCC[C@@H](N)C(=O)N[C@@H](CCCN=C(N)N)C(=O)N1CCC[C@H]1C(=O)N1CC(O)C[C@H]1C(=O)NCC(=O)N[C@@H](Cc1cccs1)C(=O)N[C@@H](CO)C(=O)N(CC(=O)N(CC(=O)N[C@@H](CCCN=C(N)N)C(=O)O)C1CCCCC1)Cc1ccccc1. The molecule has 33 heteroatoms. The molecule has 1 unspecified atom stereocenters. The Balaban J connectivity index is 1.27. The van der Waals surface area contributed by atoms with E-state index in [0.29, 0.717) is 36.1 Å². The van der Waals surface area contributed by atoms with Gasteiger partial charge in [0.2, 0.25) is 53.2 Å². The van der Waals surface area contributed by atoms with E-state index >= 15 is 0 Å². The van der Waals surface area contributed by atoms with E-state index in [1.165, 1.54) is 21.1 Å². The number of β-amino-alcohol motifs (C(OH)–C–C–N with tert-alkyl or cyclic N) is 1. The number of amides is 9. The number of aliphatic carboxylic acids is 1. The van der Waals surface area contributed by atoms with Crippen LogP contribution in [-0.2, 0) is 60.9 Å². The van der Waals surface area contributed by atoms with Crippen LogP contribution in [0.15, 0.2) is 62.8 Å². The zero-order chi connectivity index (χ0) is 65.9. The van der Waals surface area contributed by atoms with E-state index in [1.54, 1.807) is 47.8 Å². The van der Waals surface area contributed by atoms with Gasteiger partial charge in [0.1, 0.15) is 42.8 Å². The van der Waals surface area contributed by atoms with E-state index in [1.807, 2.05) is 0 Å². The van der Waals surface area contributed by atoms with Crippen LogP contribution >= 0.6 is 11.3 Å². The Labute approximate surface area is 525 Å². The number of likely N-dealkylation sites (tertiary alicyclic amines) is 2. The van der Waals surface area contributed by atoms with Crippen molar-refractivity contribution >= 4 is 88.3 Å². The number of nitrogens with one attached hydrogen (secondary N) is 5. The fraction of sp³-hybridized carbons (Fsp3) is 0.596. The summed E-state index contributed by atoms with van der Waals surface area (Å²) in [6.45, 7) is -2.71. The molecule has 0 bridgehead atoms. The molecule has 8 atom stereocenters. The van der Waals surface area contributed by atoms with Gasteiger partial charge in [0.05, 0.1) is 31.8 Å². The summed E-state index contributed by atoms with van der Waals surface area (Å²) in [5, 5.41) is 46.1. The normalized spacial score (nSPS) is 18.1. The molecule has 3 fully saturated rings. The molecular weight excluding hydrogens is 1190 g/mol. The number of guanidine groups is 3. The third kappa shape index (κ3) is 23.4. The van der Waals surface area contributed by atoms with Gasteiger partial charge in [0, 0.05) is 63.0 Å². The van der Waals surface area contributed by atoms with Gasteiger partial charge >= 0.3 is 5.97 Å². The lowest BCUT2D eigenvalue weighted by molar-refractivity contribution is -0.148. The summed E-state index contributed by atoms with van der Waals surface area (Å²) in [7, 11) is 0. The Bertz CT molecular complexity index is 2830. The zero-order valence-corrected chi connectivity index (χ0v) is 51.3. The molecule has 32 nitrogen and oxygen atoms in total. The number of hydrogen-bond donors (Lipinski definition) is 15. The molecule has 496 valence electrons. The van der Waals surface area contributed by atoms with Crippen molar-refractivity contribution < 1.29 is 63.3 Å². The fourth-order valence-corrected chi connectivity index (χ4v) is 11.7. The van der Waals surface area contributed by atoms with Crippen molar-refractivity contribution in [3.8, 4) is 0 Å². The van der Waals surface area contributed by atoms with Crippen LogP contribution in [0.1, 0.15) is 100 Å². The number of carboxylic acids is 1. The maximum atomic E-state index is 14.6. The molecule has 3 aliphatic rings. The molecular formula is C57H89N19O13S. The molecule has 3 heterocycles. The molecule has 2 aliphatic heterocycles. The number of rotatable bonds is 35. The number of thiophene rings is 1. The third-order valence-corrected chi connectivity index (χ3v) is 16.4. The summed E-state index contributed by atoms with van der Waals surface area (Å²) < 4.78 is 0. The van der Waals surface area contributed by atoms with Crippen LogP contribution in [0.3, 0.4) is 0 Å². The predicted molar refractivity (Wildman–Crippen MR) is 332 cm³/mol. The number of aliphatic hydroxyl groups is 2. The van der Waals surface area contributed by atoms with Crippen LogP contribution in [0.4, 0.5) is 0 Å². The molecule has 1 aromatic heterocycles. The van der Waals surface area contributed by atoms with E-state index in [9.17, 15) is 63.3 Å². The molecule has 90 heavy (non-hydrogen) atoms. The number of nitrogens with two attached hydrogens (primary N) is 7. The maximum Gasteiger partial charge on any atom is 0.326 e. The second-order valence-electron chi connectivity index (χ2n) is 22.4. The lowest BCUT2D eigenvalue weighted by atomic mass is 9.94. The first-order valence-corrected chi connectivity index (χ1v) is 31.0. The summed E-state index contributed by atoms with van der Waals surface area (Å²) >= 11 is 1.26. The van der Waals surface area contributed by atoms with Crippen LogP contribution in [0.25, 0.3) is 0 Å². The number of carboxylic acid groups (broad SMARTS) is 1. The van der Waals surface area contributed by atoms with Crippen LogP contribution in [0, 0.1) is 0 Å². The highest BCUT2D eigenvalue weighted by molar-refractivity contribution is 7.09. The number of aliphatic imine (C=N–C) groups is 3. The van der Waals surface area contributed by atoms with Gasteiger partial charge in [0.25, 0.3) is 0 Å². The Morgan fingerprint density at radius 2 is 1.28 bits per heavy atom. The van der Waals surface area contributed by atoms with Crippen molar-refractivity contribution in [3.05, 3.63) is 58.3 Å². The van der Waals surface area contributed by atoms with E-state index < -0.39 is 140 Å². The van der Waals surface area contributed by atoms with Crippen molar-refractivity contribution in [1.29, 1.82) is 0 Å². The average Bonchev–Trinajstić information content (AvgIpc) is 1.81. The number of nitrogens with zero attached hydrogens (tertiary/aromatic N) is 7. The molecule has 22 N–H and O–H groups in total. The Hall–Kier alpha value is -8.69. The molecule has 0 radical (unpaired) electrons. The minimum atomic E-state index is -1.68. The first kappa shape index (κ1) is 72.1. The smallest absolute Gasteiger partial charge is 0.326 e. The summed E-state index contributed by atoms with van der Waals surface area (Å²) in [6.07, 6.45) is 3.63. The third-order valence-electron chi connectivity index (χ3n) is 15.5. The first-order valence-electron chi connectivity index (χ1n) is 30.1. The molecule has 1 saturated carbocycles. The summed E-state index contributed by atoms with van der Waals surface area (Å²) in [6, 6.07) is 2.55. The molecule has 1 aromatic carbocycles. The lowest BCUT2D eigenvalue weighted by Gasteiger charge is -2.36. The average molecular weight is 1280 g/mol. The molecule has 1 aliphatic carbocycles. The Morgan fingerprint density at radius 1 is 0.667 bits per heavy atom. The van der Waals surface area contributed by atoms with E-state index in [4.69, 9.17) is 40.1 Å². The van der Waals surface area contributed by atoms with Gasteiger partial charge in [-0.1, -0.05) is 55.7 Å². The number of aliphatic hydroxyl groups excluding tert-OH is 2. The molecule has 0 spiro atoms. The summed E-state index contributed by atoms with van der Waals surface area (Å²) in [5.74, 6) is -8.57. The molecule has 5 rings (SSSR count). The van der Waals surface area contributed by atoms with Gasteiger partial charge in [-0.2, -0.15) is 0 Å². The van der Waals surface area contributed by atoms with E-state index in [0.717, 1.165) is 29.1 Å². The van der Waals surface area contributed by atoms with Crippen LogP contribution in [0.2, 0.25) is 0 Å². The lowest BCUT2D eigenvalue weighted by Crippen LogP contribution is -2.58. The number of benzene rings is 1. The summed E-state index contributed by atoms with van der Waals surface area (Å²) in [5.41, 5.74) is 39.3. The van der Waals surface area contributed by atoms with Gasteiger partial charge in [0.15, 0.2) is 17.9 Å². The highest BCUT2D eigenvalue weighted by atomic mass is 32.1. The topological polar surface area (TPSA) is 524 Å². The van der Waals surface area contributed by atoms with Gasteiger partial charge in [-0.3, -0.25) is 58.1 Å². The Kier molecular flexibility index (Phi) is 29.4. The number of hydrogen-bond acceptors (Lipinski definition) is 17. The van der Waals surface area contributed by atoms with Crippen molar-refractivity contribution in [2.24, 2.45) is 55.1 Å². The minimum Gasteiger partial charge on any atom is -0.480 e. The maximum absolute atomic E-state index is 14.6. The largest absolute Gasteiger partial charge is 0.480 e. The van der Waals surface area contributed by atoms with Crippen molar-refractivity contribution in [2.45, 2.75) is 157 Å². The number of carbonyl (C=O) groups is 10. The van der Waals surface area contributed by atoms with Gasteiger partial charge in [-0.15, -0.1) is 11.3 Å². The molecule has 2 aromatic rings. The second-order valence-corrected chi connectivity index (χ2v) is 23.4. The fourth-order valence-electron chi connectivity index (χ4n) is 11.0. The monoisotopic (exact) mass is 1280 g/mol. The summed E-state index contributed by atoms with van der Waals surface area (Å²) in [4.78, 5) is 156. The number of carbonyl (C=O) groups excluding carboxylic acids is 9. The van der Waals surface area contributed by atoms with Crippen molar-refractivity contribution in [1.82, 2.24) is 46.2 Å². The van der Waals surface area contributed by atoms with Crippen LogP contribution < -0.4 is 66.7 Å². The Morgan fingerprint density at radius 3 is 1.88 bits per heavy atom. The molecule has 9 amide bonds. The predicted octanol–water partition coefficient (Wildman–Crippen LogP) is -4.95. The molecule has 2 saturated heterocycles. The van der Waals surface area contributed by atoms with Crippen LogP contribution in [-0.4, -0.2) is 225 Å². The zero-order valence-electron chi connectivity index (χ0n) is 50.5. The van der Waals surface area contributed by atoms with E-state index in [2.05, 4.69) is 41.6 Å². The standard InChI is InChI=1S/C57H89N19O13S/c58-38(17-7-21-65-55(59)60)48(82)71-39(18-8-22-66-56(61)62)52(86)74-24-10-20-43(74)53(87)76-30-36(78)26-44(76)50(84)68-28-45(79)70-41(27-37-16-11-25-90-37)49(83)72-42(33-77)51(85)73(29-34-12-3-1-4-13-34)32-47(81)75(35-14-5-2-6-15-35)31-46(80)69-40(54(88)89)19-9-23-67-57(63)64/h1,3-4,11-13,16,25,35-36,38-44,77-78H,2,5-10,14-15,17-24,26-33,58H2,(H,68,84)(H,69,80)(H,70,79)(H,71,82)(H,72,83)(H,88,89)(H4,59,60,65)(H4,61,62,66)(H4,63,64,67)/t36?,38-,39+,40+,41+,42+,43+,44+/m1/s1. The van der Waals surface area contributed by atoms with Crippen molar-refractivity contribution in [2.75, 3.05) is 59.0 Å². The first-order chi connectivity index (χ1) is 42.9. The van der Waals surface area contributed by atoms with E-state index in [-0.39, 0.29) is 109 Å². The highest BCUT2D eigenvalue weighted by Gasteiger charge is 2.46. The van der Waals surface area contributed by atoms with Gasteiger partial charge in [-0.05, 0) is 81.2 Å².